The summed E-state index contributed by atoms with van der Waals surface area (Å²) in [5.74, 6) is -2.70. The topological polar surface area (TPSA) is 95.7 Å². The number of halogens is 2. The van der Waals surface area contributed by atoms with Gasteiger partial charge < -0.3 is 10.6 Å². The fourth-order valence-electron chi connectivity index (χ4n) is 2.54. The van der Waals surface area contributed by atoms with Crippen molar-refractivity contribution in [1.29, 1.82) is 0 Å². The summed E-state index contributed by atoms with van der Waals surface area (Å²) in [7, 11) is 0. The highest BCUT2D eigenvalue weighted by molar-refractivity contribution is 5.96. The maximum Gasteiger partial charge on any atom is 0.318 e. The van der Waals surface area contributed by atoms with Crippen LogP contribution in [-0.2, 0) is 4.79 Å². The van der Waals surface area contributed by atoms with Crippen molar-refractivity contribution in [2.75, 3.05) is 26.2 Å². The van der Waals surface area contributed by atoms with Gasteiger partial charge in [0.15, 0.2) is 0 Å². The van der Waals surface area contributed by atoms with E-state index in [0.717, 1.165) is 12.1 Å². The van der Waals surface area contributed by atoms with Crippen LogP contribution in [0.15, 0.2) is 18.2 Å². The Hall–Kier alpha value is -2.55. The standard InChI is InChI=1S/C15H18F2N4O3/c1-9(13(22)19-15(18)24)20-4-6-21(7-5-20)14(23)11-3-2-10(16)8-12(11)17/h2-3,8-9H,4-7H2,1H3,(H3,18,19,22,24)/t9-/m1/s1. The minimum Gasteiger partial charge on any atom is -0.351 e. The fourth-order valence-corrected chi connectivity index (χ4v) is 2.54. The van der Waals surface area contributed by atoms with E-state index in [1.165, 1.54) is 4.90 Å². The number of imide groups is 1. The predicted octanol–water partition coefficient (Wildman–Crippen LogP) is 0.306. The molecule has 4 amide bonds. The normalized spacial score (nSPS) is 16.5. The van der Waals surface area contributed by atoms with Crippen molar-refractivity contribution in [1.82, 2.24) is 15.1 Å². The van der Waals surface area contributed by atoms with Crippen molar-refractivity contribution in [3.8, 4) is 0 Å². The number of hydrogen-bond acceptors (Lipinski definition) is 4. The molecule has 1 aromatic carbocycles. The van der Waals surface area contributed by atoms with Gasteiger partial charge in [-0.25, -0.2) is 13.6 Å². The molecular weight excluding hydrogens is 322 g/mol. The lowest BCUT2D eigenvalue weighted by Gasteiger charge is -2.37. The van der Waals surface area contributed by atoms with E-state index in [1.807, 2.05) is 5.32 Å². The van der Waals surface area contributed by atoms with E-state index in [0.29, 0.717) is 19.2 Å². The molecule has 1 atom stereocenters. The highest BCUT2D eigenvalue weighted by Gasteiger charge is 2.29. The second-order valence-electron chi connectivity index (χ2n) is 5.48. The Bertz CT molecular complexity index is 660. The van der Waals surface area contributed by atoms with Crippen molar-refractivity contribution in [3.05, 3.63) is 35.4 Å². The Balaban J connectivity index is 1.96. The van der Waals surface area contributed by atoms with Crippen LogP contribution in [0.1, 0.15) is 17.3 Å². The molecule has 1 aliphatic heterocycles. The summed E-state index contributed by atoms with van der Waals surface area (Å²) in [6.07, 6.45) is 0. The monoisotopic (exact) mass is 340 g/mol. The van der Waals surface area contributed by atoms with Crippen molar-refractivity contribution >= 4 is 17.8 Å². The number of nitrogens with two attached hydrogens (primary N) is 1. The first kappa shape index (κ1) is 17.8. The number of nitrogens with one attached hydrogen (secondary N) is 1. The zero-order chi connectivity index (χ0) is 17.9. The summed E-state index contributed by atoms with van der Waals surface area (Å²) in [6.45, 7) is 2.94. The summed E-state index contributed by atoms with van der Waals surface area (Å²) in [6, 6.07) is 1.30. The van der Waals surface area contributed by atoms with Crippen molar-refractivity contribution in [3.63, 3.8) is 0 Å². The quantitative estimate of drug-likeness (QED) is 0.828. The molecule has 1 aliphatic rings. The fraction of sp³-hybridized carbons (Fsp3) is 0.400. The van der Waals surface area contributed by atoms with Crippen molar-refractivity contribution < 1.29 is 23.2 Å². The molecule has 9 heteroatoms. The Morgan fingerprint density at radius 1 is 1.17 bits per heavy atom. The molecule has 1 heterocycles. The largest absolute Gasteiger partial charge is 0.351 e. The van der Waals surface area contributed by atoms with Crippen LogP contribution in [0.3, 0.4) is 0 Å². The van der Waals surface area contributed by atoms with Gasteiger partial charge in [-0.3, -0.25) is 19.8 Å². The van der Waals surface area contributed by atoms with Crippen molar-refractivity contribution in [2.24, 2.45) is 5.73 Å². The van der Waals surface area contributed by atoms with Gasteiger partial charge in [0.25, 0.3) is 5.91 Å². The first-order chi connectivity index (χ1) is 11.3. The summed E-state index contributed by atoms with van der Waals surface area (Å²) < 4.78 is 26.6. The van der Waals surface area contributed by atoms with Gasteiger partial charge in [0.1, 0.15) is 11.6 Å². The lowest BCUT2D eigenvalue weighted by molar-refractivity contribution is -0.125. The van der Waals surface area contributed by atoms with Gasteiger partial charge >= 0.3 is 6.03 Å². The molecule has 1 fully saturated rings. The Morgan fingerprint density at radius 3 is 2.33 bits per heavy atom. The smallest absolute Gasteiger partial charge is 0.318 e. The van der Waals surface area contributed by atoms with Gasteiger partial charge in [-0.2, -0.15) is 0 Å². The number of nitrogens with zero attached hydrogens (tertiary/aromatic N) is 2. The number of piperazine rings is 1. The average Bonchev–Trinajstić information content (AvgIpc) is 2.53. The van der Waals surface area contributed by atoms with Crippen LogP contribution >= 0.6 is 0 Å². The zero-order valence-corrected chi connectivity index (χ0v) is 13.1. The molecule has 0 radical (unpaired) electrons. The number of urea groups is 1. The first-order valence-electron chi connectivity index (χ1n) is 7.38. The van der Waals surface area contributed by atoms with E-state index in [1.54, 1.807) is 11.8 Å². The Morgan fingerprint density at radius 2 is 1.79 bits per heavy atom. The number of amides is 4. The van der Waals surface area contributed by atoms with Gasteiger partial charge in [0, 0.05) is 32.2 Å². The number of primary amides is 1. The predicted molar refractivity (Wildman–Crippen MR) is 81.0 cm³/mol. The van der Waals surface area contributed by atoms with E-state index < -0.39 is 35.5 Å². The van der Waals surface area contributed by atoms with Gasteiger partial charge in [-0.15, -0.1) is 0 Å². The number of rotatable bonds is 3. The Labute approximate surface area is 137 Å². The maximum atomic E-state index is 13.7. The number of carbonyl (C=O) groups is 3. The molecular formula is C15H18F2N4O3. The van der Waals surface area contributed by atoms with Crippen LogP contribution in [0.25, 0.3) is 0 Å². The average molecular weight is 340 g/mol. The van der Waals surface area contributed by atoms with Crippen LogP contribution in [0, 0.1) is 11.6 Å². The highest BCUT2D eigenvalue weighted by Crippen LogP contribution is 2.15. The van der Waals surface area contributed by atoms with E-state index in [-0.39, 0.29) is 18.7 Å². The molecule has 0 aromatic heterocycles. The molecule has 3 N–H and O–H groups in total. The third-order valence-corrected chi connectivity index (χ3v) is 3.94. The first-order valence-corrected chi connectivity index (χ1v) is 7.38. The molecule has 1 saturated heterocycles. The van der Waals surface area contributed by atoms with E-state index >= 15 is 0 Å². The SMILES string of the molecule is C[C@H](C(=O)NC(N)=O)N1CCN(C(=O)c2ccc(F)cc2F)CC1. The third-order valence-electron chi connectivity index (χ3n) is 3.94. The molecule has 7 nitrogen and oxygen atoms in total. The third kappa shape index (κ3) is 4.05. The number of benzene rings is 1. The molecule has 0 bridgehead atoms. The number of carbonyl (C=O) groups excluding carboxylic acids is 3. The molecule has 0 saturated carbocycles. The minimum atomic E-state index is -0.924. The lowest BCUT2D eigenvalue weighted by Crippen LogP contribution is -2.56. The minimum absolute atomic E-state index is 0.190. The summed E-state index contributed by atoms with van der Waals surface area (Å²) in [5, 5.41) is 2.01. The van der Waals surface area contributed by atoms with Gasteiger partial charge in [0.05, 0.1) is 11.6 Å². The molecule has 24 heavy (non-hydrogen) atoms. The molecule has 2 rings (SSSR count). The van der Waals surface area contributed by atoms with Gasteiger partial charge in [-0.05, 0) is 19.1 Å². The second kappa shape index (κ2) is 7.35. The summed E-state index contributed by atoms with van der Waals surface area (Å²) >= 11 is 0. The van der Waals surface area contributed by atoms with Gasteiger partial charge in [0.2, 0.25) is 5.91 Å². The molecule has 0 unspecified atom stereocenters. The van der Waals surface area contributed by atoms with Crippen LogP contribution in [0.5, 0.6) is 0 Å². The molecule has 1 aromatic rings. The maximum absolute atomic E-state index is 13.7. The van der Waals surface area contributed by atoms with E-state index in [9.17, 15) is 23.2 Å². The van der Waals surface area contributed by atoms with Crippen molar-refractivity contribution in [2.45, 2.75) is 13.0 Å². The van der Waals surface area contributed by atoms with Gasteiger partial charge in [-0.1, -0.05) is 0 Å². The van der Waals surface area contributed by atoms with Crippen LogP contribution in [0.2, 0.25) is 0 Å². The molecule has 130 valence electrons. The lowest BCUT2D eigenvalue weighted by atomic mass is 10.1. The van der Waals surface area contributed by atoms with Crippen LogP contribution in [-0.4, -0.2) is 59.9 Å². The highest BCUT2D eigenvalue weighted by atomic mass is 19.1. The summed E-state index contributed by atoms with van der Waals surface area (Å²) in [5.41, 5.74) is 4.72. The van der Waals surface area contributed by atoms with E-state index in [4.69, 9.17) is 5.73 Å². The van der Waals surface area contributed by atoms with Crippen LogP contribution in [0.4, 0.5) is 13.6 Å². The summed E-state index contributed by atoms with van der Waals surface area (Å²) in [4.78, 5) is 38.0. The Kier molecular flexibility index (Phi) is 5.45. The molecule has 0 aliphatic carbocycles. The van der Waals surface area contributed by atoms with Crippen LogP contribution < -0.4 is 11.1 Å². The zero-order valence-electron chi connectivity index (χ0n) is 13.1. The van der Waals surface area contributed by atoms with E-state index in [2.05, 4.69) is 0 Å². The molecule has 0 spiro atoms. The second-order valence-corrected chi connectivity index (χ2v) is 5.48. The number of hydrogen-bond donors (Lipinski definition) is 2.